The Labute approximate surface area is 122 Å². The fraction of sp³-hybridized carbons (Fsp3) is 0.625. The number of hydrogen-bond donors (Lipinski definition) is 0. The molecule has 0 bridgehead atoms. The molecule has 1 fully saturated rings. The summed E-state index contributed by atoms with van der Waals surface area (Å²) in [6.45, 7) is 14.6. The highest BCUT2D eigenvalue weighted by Gasteiger charge is 2.53. The van der Waals surface area contributed by atoms with Gasteiger partial charge in [-0.25, -0.2) is 0 Å². The van der Waals surface area contributed by atoms with Crippen LogP contribution >= 0.6 is 0 Å². The van der Waals surface area contributed by atoms with Crippen molar-refractivity contribution in [1.82, 2.24) is 0 Å². The van der Waals surface area contributed by atoms with E-state index in [9.17, 15) is 0 Å². The minimum absolute atomic E-state index is 0.339. The Kier molecular flexibility index (Phi) is 3.68. The van der Waals surface area contributed by atoms with E-state index in [1.807, 2.05) is 0 Å². The molecule has 4 heteroatoms. The van der Waals surface area contributed by atoms with Gasteiger partial charge in [-0.2, -0.15) is 0 Å². The molecule has 0 aromatic heterocycles. The summed E-state index contributed by atoms with van der Waals surface area (Å²) in [6, 6.07) is 2.06. The predicted molar refractivity (Wildman–Crippen MR) is 82.9 cm³/mol. The third-order valence-corrected chi connectivity index (χ3v) is 4.88. The van der Waals surface area contributed by atoms with Crippen molar-refractivity contribution in [1.29, 1.82) is 0 Å². The van der Waals surface area contributed by atoms with Crippen molar-refractivity contribution in [2.45, 2.75) is 59.7 Å². The lowest BCUT2D eigenvalue weighted by Crippen LogP contribution is -2.41. The summed E-state index contributed by atoms with van der Waals surface area (Å²) < 4.78 is 17.9. The van der Waals surface area contributed by atoms with Crippen molar-refractivity contribution in [2.75, 3.05) is 7.11 Å². The van der Waals surface area contributed by atoms with Gasteiger partial charge >= 0.3 is 7.12 Å². The second-order valence-corrected chi connectivity index (χ2v) is 6.65. The lowest BCUT2D eigenvalue weighted by Gasteiger charge is -2.32. The van der Waals surface area contributed by atoms with Gasteiger partial charge in [-0.3, -0.25) is 0 Å². The minimum atomic E-state index is -0.380. The zero-order chi connectivity index (χ0) is 15.3. The predicted octanol–water partition coefficient (Wildman–Crippen LogP) is 2.92. The molecular weight excluding hydrogens is 251 g/mol. The number of rotatable bonds is 2. The van der Waals surface area contributed by atoms with E-state index in [0.29, 0.717) is 0 Å². The number of ether oxygens (including phenoxy) is 1. The number of methoxy groups -OCH3 is 1. The topological polar surface area (TPSA) is 27.7 Å². The Hall–Kier alpha value is -0.995. The van der Waals surface area contributed by atoms with Crippen LogP contribution in [0.2, 0.25) is 0 Å². The van der Waals surface area contributed by atoms with E-state index < -0.39 is 0 Å². The molecule has 1 aromatic carbocycles. The normalized spacial score (nSPS) is 20.3. The lowest BCUT2D eigenvalue weighted by molar-refractivity contribution is 0.00578. The van der Waals surface area contributed by atoms with E-state index in [4.69, 9.17) is 14.0 Å². The molecule has 20 heavy (non-hydrogen) atoms. The number of hydrogen-bond acceptors (Lipinski definition) is 3. The summed E-state index contributed by atoms with van der Waals surface area (Å²) in [6.07, 6.45) is 0. The van der Waals surface area contributed by atoms with E-state index in [2.05, 4.69) is 54.5 Å². The van der Waals surface area contributed by atoms with Gasteiger partial charge in [0.15, 0.2) is 0 Å². The van der Waals surface area contributed by atoms with Gasteiger partial charge < -0.3 is 14.0 Å². The maximum Gasteiger partial charge on any atom is 0.498 e. The Balaban J connectivity index is 2.52. The average Bonchev–Trinajstić information content (AvgIpc) is 2.54. The highest BCUT2D eigenvalue weighted by atomic mass is 16.7. The average molecular weight is 276 g/mol. The van der Waals surface area contributed by atoms with Gasteiger partial charge in [0, 0.05) is 5.46 Å². The van der Waals surface area contributed by atoms with Crippen LogP contribution in [0.15, 0.2) is 6.07 Å². The van der Waals surface area contributed by atoms with Gasteiger partial charge in [0.2, 0.25) is 0 Å². The molecule has 0 saturated carbocycles. The fourth-order valence-corrected chi connectivity index (χ4v) is 2.49. The SMILES string of the molecule is COc1cc(C)c(C)c(C)c1B1OC(C)(C)C(C)(C)O1. The van der Waals surface area contributed by atoms with Gasteiger partial charge in [0.25, 0.3) is 0 Å². The molecule has 2 rings (SSSR count). The van der Waals surface area contributed by atoms with E-state index in [0.717, 1.165) is 11.2 Å². The zero-order valence-electron chi connectivity index (χ0n) is 13.9. The second kappa shape index (κ2) is 4.78. The van der Waals surface area contributed by atoms with E-state index in [1.54, 1.807) is 7.11 Å². The van der Waals surface area contributed by atoms with Gasteiger partial charge in [0.05, 0.1) is 18.3 Å². The van der Waals surface area contributed by atoms with Crippen LogP contribution in [0, 0.1) is 20.8 Å². The number of benzene rings is 1. The number of aryl methyl sites for hydroxylation is 1. The molecule has 3 nitrogen and oxygen atoms in total. The van der Waals surface area contributed by atoms with Crippen LogP contribution < -0.4 is 10.2 Å². The smallest absolute Gasteiger partial charge is 0.497 e. The first-order valence-electron chi connectivity index (χ1n) is 7.11. The first kappa shape index (κ1) is 15.4. The first-order chi connectivity index (χ1) is 9.10. The molecule has 0 amide bonds. The van der Waals surface area contributed by atoms with Crippen LogP contribution in [0.3, 0.4) is 0 Å². The molecule has 1 aromatic rings. The fourth-order valence-electron chi connectivity index (χ4n) is 2.49. The second-order valence-electron chi connectivity index (χ2n) is 6.65. The van der Waals surface area contributed by atoms with Crippen molar-refractivity contribution in [2.24, 2.45) is 0 Å². The van der Waals surface area contributed by atoms with Crippen LogP contribution in [0.1, 0.15) is 44.4 Å². The van der Waals surface area contributed by atoms with Crippen molar-refractivity contribution < 1.29 is 14.0 Å². The van der Waals surface area contributed by atoms with Gasteiger partial charge in [0.1, 0.15) is 5.75 Å². The van der Waals surface area contributed by atoms with E-state index in [1.165, 1.54) is 16.7 Å². The summed E-state index contributed by atoms with van der Waals surface area (Å²) in [5.41, 5.74) is 3.99. The van der Waals surface area contributed by atoms with Gasteiger partial charge in [-0.1, -0.05) is 0 Å². The third kappa shape index (κ3) is 2.25. The van der Waals surface area contributed by atoms with E-state index in [-0.39, 0.29) is 18.3 Å². The Bertz CT molecular complexity index is 519. The van der Waals surface area contributed by atoms with Gasteiger partial charge in [-0.05, 0) is 71.2 Å². The summed E-state index contributed by atoms with van der Waals surface area (Å²) >= 11 is 0. The maximum absolute atomic E-state index is 6.17. The highest BCUT2D eigenvalue weighted by molar-refractivity contribution is 6.63. The van der Waals surface area contributed by atoms with Crippen LogP contribution in [0.4, 0.5) is 0 Å². The minimum Gasteiger partial charge on any atom is -0.497 e. The lowest BCUT2D eigenvalue weighted by atomic mass is 9.73. The standard InChI is InChI=1S/C16H25BO3/c1-10-9-13(18-8)14(12(3)11(10)2)17-19-15(4,5)16(6,7)20-17/h9H,1-8H3. The molecule has 0 spiro atoms. The molecule has 0 radical (unpaired) electrons. The van der Waals surface area contributed by atoms with Crippen LogP contribution in [-0.4, -0.2) is 25.4 Å². The summed E-state index contributed by atoms with van der Waals surface area (Å²) in [5.74, 6) is 0.837. The molecule has 1 aliphatic rings. The molecule has 1 heterocycles. The first-order valence-corrected chi connectivity index (χ1v) is 7.11. The molecule has 0 unspecified atom stereocenters. The molecule has 1 aliphatic heterocycles. The van der Waals surface area contributed by atoms with Crippen molar-refractivity contribution in [3.8, 4) is 5.75 Å². The Morgan fingerprint density at radius 3 is 1.90 bits per heavy atom. The van der Waals surface area contributed by atoms with Crippen LogP contribution in [0.5, 0.6) is 5.75 Å². The van der Waals surface area contributed by atoms with Crippen molar-refractivity contribution >= 4 is 12.6 Å². The molecule has 1 saturated heterocycles. The summed E-state index contributed by atoms with van der Waals surface area (Å²) in [5, 5.41) is 0. The quantitative estimate of drug-likeness (QED) is 0.777. The monoisotopic (exact) mass is 276 g/mol. The summed E-state index contributed by atoms with van der Waals surface area (Å²) in [7, 11) is 1.31. The molecule has 0 aliphatic carbocycles. The van der Waals surface area contributed by atoms with E-state index >= 15 is 0 Å². The zero-order valence-corrected chi connectivity index (χ0v) is 13.9. The van der Waals surface area contributed by atoms with Crippen LogP contribution in [0.25, 0.3) is 0 Å². The van der Waals surface area contributed by atoms with Gasteiger partial charge in [-0.15, -0.1) is 0 Å². The Morgan fingerprint density at radius 1 is 0.950 bits per heavy atom. The Morgan fingerprint density at radius 2 is 1.45 bits per heavy atom. The highest BCUT2D eigenvalue weighted by Crippen LogP contribution is 2.37. The maximum atomic E-state index is 6.17. The largest absolute Gasteiger partial charge is 0.498 e. The van der Waals surface area contributed by atoms with Crippen molar-refractivity contribution in [3.05, 3.63) is 22.8 Å². The molecule has 110 valence electrons. The summed E-state index contributed by atoms with van der Waals surface area (Å²) in [4.78, 5) is 0. The molecular formula is C16H25BO3. The third-order valence-electron chi connectivity index (χ3n) is 4.88. The van der Waals surface area contributed by atoms with Crippen molar-refractivity contribution in [3.63, 3.8) is 0 Å². The molecule has 0 N–H and O–H groups in total. The van der Waals surface area contributed by atoms with Crippen LogP contribution in [-0.2, 0) is 9.31 Å². The molecule has 0 atom stereocenters.